The van der Waals surface area contributed by atoms with Crippen molar-refractivity contribution in [3.8, 4) is 10.9 Å². The average Bonchev–Trinajstić information content (AvgIpc) is 2.94. The molecule has 2 rings (SSSR count). The van der Waals surface area contributed by atoms with Gasteiger partial charge in [0.1, 0.15) is 10.6 Å². The summed E-state index contributed by atoms with van der Waals surface area (Å²) >= 11 is 6.28. The highest BCUT2D eigenvalue weighted by molar-refractivity contribution is 9.11. The fourth-order valence-corrected chi connectivity index (χ4v) is 4.10. The number of hydrogen-bond donors (Lipinski definition) is 1. The van der Waals surface area contributed by atoms with Crippen LogP contribution in [0.15, 0.2) is 21.1 Å². The molecule has 0 spiro atoms. The Morgan fingerprint density at radius 2 is 1.75 bits per heavy atom. The molecule has 1 amide bonds. The number of hydrogen-bond acceptors (Lipinski definition) is 5. The van der Waals surface area contributed by atoms with Gasteiger partial charge in [-0.05, 0) is 50.9 Å². The third-order valence-electron chi connectivity index (χ3n) is 2.84. The van der Waals surface area contributed by atoms with Crippen molar-refractivity contribution in [3.05, 3.63) is 31.6 Å². The number of amides is 1. The summed E-state index contributed by atoms with van der Waals surface area (Å²) in [4.78, 5) is 14.9. The van der Waals surface area contributed by atoms with Gasteiger partial charge in [-0.2, -0.15) is 18.2 Å². The van der Waals surface area contributed by atoms with Gasteiger partial charge < -0.3 is 14.8 Å². The van der Waals surface area contributed by atoms with Crippen molar-refractivity contribution in [2.75, 3.05) is 11.9 Å². The van der Waals surface area contributed by atoms with Crippen LogP contribution in [-0.4, -0.2) is 23.9 Å². The van der Waals surface area contributed by atoms with Crippen molar-refractivity contribution in [2.24, 2.45) is 0 Å². The molecule has 0 bridgehead atoms. The lowest BCUT2D eigenvalue weighted by Gasteiger charge is -2.14. The molecule has 28 heavy (non-hydrogen) atoms. The fourth-order valence-electron chi connectivity index (χ4n) is 1.86. The van der Waals surface area contributed by atoms with Crippen LogP contribution in [0.3, 0.4) is 0 Å². The van der Waals surface area contributed by atoms with Crippen molar-refractivity contribution in [1.82, 2.24) is 4.98 Å². The number of nitrogens with one attached hydrogen (secondary N) is 1. The zero-order chi connectivity index (χ0) is 21.3. The minimum atomic E-state index is -4.94. The van der Waals surface area contributed by atoms with E-state index >= 15 is 0 Å². The predicted molar refractivity (Wildman–Crippen MR) is 94.8 cm³/mol. The summed E-state index contributed by atoms with van der Waals surface area (Å²) in [6, 6.07) is 1.80. The number of alkyl halides is 6. The van der Waals surface area contributed by atoms with Gasteiger partial charge >= 0.3 is 12.5 Å². The number of aromatic nitrogens is 1. The number of thiazole rings is 1. The molecular weight excluding hydrogens is 550 g/mol. The fraction of sp³-hybridized carbons (Fsp3) is 0.286. The molecule has 2 aromatic rings. The summed E-state index contributed by atoms with van der Waals surface area (Å²) in [7, 11) is 0. The van der Waals surface area contributed by atoms with Gasteiger partial charge in [0.2, 0.25) is 0 Å². The molecule has 1 aromatic carbocycles. The van der Waals surface area contributed by atoms with E-state index in [-0.39, 0.29) is 26.4 Å². The van der Waals surface area contributed by atoms with E-state index in [1.807, 2.05) is 0 Å². The van der Waals surface area contributed by atoms with Crippen molar-refractivity contribution in [2.45, 2.75) is 19.5 Å². The zero-order valence-corrected chi connectivity index (χ0v) is 17.5. The molecule has 1 N–H and O–H groups in total. The highest BCUT2D eigenvalue weighted by atomic mass is 79.9. The van der Waals surface area contributed by atoms with Crippen molar-refractivity contribution in [3.63, 3.8) is 0 Å². The van der Waals surface area contributed by atoms with Crippen LogP contribution in [0.2, 0.25) is 0 Å². The Hall–Kier alpha value is -1.54. The van der Waals surface area contributed by atoms with Crippen molar-refractivity contribution < 1.29 is 40.6 Å². The van der Waals surface area contributed by atoms with Gasteiger partial charge in [0, 0.05) is 8.95 Å². The molecule has 5 nitrogen and oxygen atoms in total. The maximum Gasteiger partial charge on any atom is 0.573 e. The van der Waals surface area contributed by atoms with Gasteiger partial charge in [0.15, 0.2) is 5.69 Å². The van der Waals surface area contributed by atoms with E-state index in [0.717, 1.165) is 12.1 Å². The van der Waals surface area contributed by atoms with E-state index < -0.39 is 34.8 Å². The topological polar surface area (TPSA) is 60.5 Å². The smallest absolute Gasteiger partial charge is 0.470 e. The first kappa shape index (κ1) is 22.7. The van der Waals surface area contributed by atoms with Crippen molar-refractivity contribution in [1.29, 1.82) is 0 Å². The number of nitrogens with zero attached hydrogens (tertiary/aromatic N) is 1. The molecule has 1 aromatic heterocycles. The Morgan fingerprint density at radius 1 is 1.18 bits per heavy atom. The van der Waals surface area contributed by atoms with Gasteiger partial charge in [-0.1, -0.05) is 11.3 Å². The Balaban J connectivity index is 2.35. The Labute approximate surface area is 174 Å². The SMILES string of the molecule is CCOc1nc(C(F)(F)F)c(C(=O)Nc2c(Br)cc(OC(F)(F)F)cc2Br)s1. The largest absolute Gasteiger partial charge is 0.573 e. The molecule has 0 radical (unpaired) electrons. The third kappa shape index (κ3) is 5.73. The second kappa shape index (κ2) is 8.45. The van der Waals surface area contributed by atoms with Crippen LogP contribution in [-0.2, 0) is 6.18 Å². The van der Waals surface area contributed by atoms with Crippen molar-refractivity contribution >= 4 is 54.8 Å². The van der Waals surface area contributed by atoms with Crippen LogP contribution in [0.25, 0.3) is 0 Å². The second-order valence-electron chi connectivity index (χ2n) is 4.85. The van der Waals surface area contributed by atoms with Crippen LogP contribution in [0, 0.1) is 0 Å². The molecule has 0 atom stereocenters. The van der Waals surface area contributed by atoms with E-state index in [2.05, 4.69) is 46.9 Å². The summed E-state index contributed by atoms with van der Waals surface area (Å²) in [5, 5.41) is 1.86. The summed E-state index contributed by atoms with van der Waals surface area (Å²) in [6.45, 7) is 1.58. The van der Waals surface area contributed by atoms with E-state index in [1.165, 1.54) is 6.92 Å². The Kier molecular flexibility index (Phi) is 6.86. The van der Waals surface area contributed by atoms with Crippen LogP contribution in [0.1, 0.15) is 22.3 Å². The van der Waals surface area contributed by atoms with Gasteiger partial charge in [0.05, 0.1) is 12.3 Å². The maximum atomic E-state index is 13.1. The average molecular weight is 558 g/mol. The minimum Gasteiger partial charge on any atom is -0.470 e. The van der Waals surface area contributed by atoms with Gasteiger partial charge in [-0.15, -0.1) is 13.2 Å². The molecule has 0 saturated carbocycles. The zero-order valence-electron chi connectivity index (χ0n) is 13.5. The van der Waals surface area contributed by atoms with E-state index in [0.29, 0.717) is 11.3 Å². The first-order valence-corrected chi connectivity index (χ1v) is 9.49. The molecule has 1 heterocycles. The van der Waals surface area contributed by atoms with Crippen LogP contribution < -0.4 is 14.8 Å². The first-order chi connectivity index (χ1) is 12.8. The standard InChI is InChI=1S/C14H8Br2F6N2O3S/c1-2-26-12-24-10(13(17,18)19)9(28-12)11(25)23-8-6(15)3-5(4-7(8)16)27-14(20,21)22/h3-4H,2H2,1H3,(H,23,25). The lowest BCUT2D eigenvalue weighted by atomic mass is 10.2. The number of carbonyl (C=O) groups is 1. The molecule has 0 aliphatic heterocycles. The van der Waals surface area contributed by atoms with E-state index in [9.17, 15) is 31.1 Å². The Bertz CT molecular complexity index is 862. The molecule has 0 fully saturated rings. The lowest BCUT2D eigenvalue weighted by Crippen LogP contribution is -2.18. The molecular formula is C14H8Br2F6N2O3S. The van der Waals surface area contributed by atoms with Gasteiger partial charge in [-0.3, -0.25) is 4.79 Å². The number of benzene rings is 1. The van der Waals surface area contributed by atoms with Crippen LogP contribution >= 0.6 is 43.2 Å². The quantitative estimate of drug-likeness (QED) is 0.442. The summed E-state index contributed by atoms with van der Waals surface area (Å²) in [5.41, 5.74) is -1.53. The number of rotatable bonds is 5. The number of carbonyl (C=O) groups excluding carboxylic acids is 1. The highest BCUT2D eigenvalue weighted by Gasteiger charge is 2.40. The minimum absolute atomic E-state index is 0.0453. The van der Waals surface area contributed by atoms with E-state index in [4.69, 9.17) is 4.74 Å². The van der Waals surface area contributed by atoms with E-state index in [1.54, 1.807) is 0 Å². The highest BCUT2D eigenvalue weighted by Crippen LogP contribution is 2.40. The maximum absolute atomic E-state index is 13.1. The van der Waals surface area contributed by atoms with Crippen LogP contribution in [0.5, 0.6) is 10.9 Å². The Morgan fingerprint density at radius 3 is 2.21 bits per heavy atom. The summed E-state index contributed by atoms with van der Waals surface area (Å²) < 4.78 is 84.9. The number of anilines is 1. The predicted octanol–water partition coefficient (Wildman–Crippen LogP) is 6.24. The normalized spacial score (nSPS) is 12.0. The molecule has 154 valence electrons. The van der Waals surface area contributed by atoms with Gasteiger partial charge in [0.25, 0.3) is 11.1 Å². The first-order valence-electron chi connectivity index (χ1n) is 7.08. The third-order valence-corrected chi connectivity index (χ3v) is 5.06. The molecule has 14 heteroatoms. The number of ether oxygens (including phenoxy) is 2. The van der Waals surface area contributed by atoms with Gasteiger partial charge in [-0.25, -0.2) is 0 Å². The molecule has 0 aliphatic carbocycles. The molecule has 0 saturated heterocycles. The second-order valence-corrected chi connectivity index (χ2v) is 7.52. The summed E-state index contributed by atoms with van der Waals surface area (Å²) in [6.07, 6.45) is -9.85. The monoisotopic (exact) mass is 556 g/mol. The summed E-state index contributed by atoms with van der Waals surface area (Å²) in [5.74, 6) is -1.77. The number of halogens is 8. The molecule has 0 aliphatic rings. The molecule has 0 unspecified atom stereocenters. The van der Waals surface area contributed by atoms with Crippen LogP contribution in [0.4, 0.5) is 32.0 Å². The lowest BCUT2D eigenvalue weighted by molar-refractivity contribution is -0.274.